The lowest BCUT2D eigenvalue weighted by Gasteiger charge is -2.12. The SMILES string of the molecule is Cc1ccc(Cl)cc1NCc1ccc(OC(C)C)cc1. The van der Waals surface area contributed by atoms with E-state index < -0.39 is 0 Å². The number of nitrogens with one attached hydrogen (secondary N) is 1. The van der Waals surface area contributed by atoms with E-state index >= 15 is 0 Å². The topological polar surface area (TPSA) is 21.3 Å². The standard InChI is InChI=1S/C17H20ClNO/c1-12(2)20-16-8-5-14(6-9-16)11-19-17-10-15(18)7-4-13(17)3/h4-10,12,19H,11H2,1-3H3. The van der Waals surface area contributed by atoms with Crippen LogP contribution in [0, 0.1) is 6.92 Å². The summed E-state index contributed by atoms with van der Waals surface area (Å²) in [6.07, 6.45) is 0.202. The second-order valence-electron chi connectivity index (χ2n) is 5.12. The lowest BCUT2D eigenvalue weighted by Crippen LogP contribution is -2.05. The van der Waals surface area contributed by atoms with E-state index in [2.05, 4.69) is 24.4 Å². The van der Waals surface area contributed by atoms with Crippen molar-refractivity contribution in [2.24, 2.45) is 0 Å². The van der Waals surface area contributed by atoms with Crippen LogP contribution in [0.25, 0.3) is 0 Å². The van der Waals surface area contributed by atoms with Gasteiger partial charge in [-0.25, -0.2) is 0 Å². The fourth-order valence-electron chi connectivity index (χ4n) is 1.94. The molecule has 0 amide bonds. The molecule has 0 saturated heterocycles. The van der Waals surface area contributed by atoms with Crippen molar-refractivity contribution in [2.45, 2.75) is 33.4 Å². The monoisotopic (exact) mass is 289 g/mol. The minimum atomic E-state index is 0.202. The second kappa shape index (κ2) is 6.67. The van der Waals surface area contributed by atoms with Gasteiger partial charge in [0.1, 0.15) is 5.75 Å². The summed E-state index contributed by atoms with van der Waals surface area (Å²) in [4.78, 5) is 0. The van der Waals surface area contributed by atoms with E-state index in [4.69, 9.17) is 16.3 Å². The normalized spacial score (nSPS) is 10.7. The predicted molar refractivity (Wildman–Crippen MR) is 85.7 cm³/mol. The van der Waals surface area contributed by atoms with Crippen molar-refractivity contribution in [3.63, 3.8) is 0 Å². The van der Waals surface area contributed by atoms with E-state index in [0.717, 1.165) is 23.0 Å². The quantitative estimate of drug-likeness (QED) is 0.832. The predicted octanol–water partition coefficient (Wildman–Crippen LogP) is 5.05. The molecule has 0 saturated carbocycles. The molecule has 2 aromatic rings. The highest BCUT2D eigenvalue weighted by molar-refractivity contribution is 6.30. The summed E-state index contributed by atoms with van der Waals surface area (Å²) >= 11 is 6.01. The molecule has 0 fully saturated rings. The third-order valence-corrected chi connectivity index (χ3v) is 3.21. The first-order valence-corrected chi connectivity index (χ1v) is 7.18. The van der Waals surface area contributed by atoms with E-state index in [1.54, 1.807) is 0 Å². The summed E-state index contributed by atoms with van der Waals surface area (Å²) in [5.74, 6) is 0.905. The van der Waals surface area contributed by atoms with Gasteiger partial charge in [0.25, 0.3) is 0 Å². The van der Waals surface area contributed by atoms with Crippen molar-refractivity contribution < 1.29 is 4.74 Å². The Hall–Kier alpha value is -1.67. The molecule has 0 aliphatic carbocycles. The lowest BCUT2D eigenvalue weighted by molar-refractivity contribution is 0.242. The first-order chi connectivity index (χ1) is 9.54. The zero-order chi connectivity index (χ0) is 14.5. The highest BCUT2D eigenvalue weighted by Gasteiger charge is 2.01. The molecule has 0 radical (unpaired) electrons. The number of rotatable bonds is 5. The molecule has 20 heavy (non-hydrogen) atoms. The molecule has 0 unspecified atom stereocenters. The third-order valence-electron chi connectivity index (χ3n) is 2.98. The van der Waals surface area contributed by atoms with Crippen LogP contribution in [-0.2, 0) is 6.54 Å². The molecule has 2 nitrogen and oxygen atoms in total. The van der Waals surface area contributed by atoms with Crippen LogP contribution in [0.15, 0.2) is 42.5 Å². The summed E-state index contributed by atoms with van der Waals surface area (Å²) in [5, 5.41) is 4.15. The third kappa shape index (κ3) is 4.17. The smallest absolute Gasteiger partial charge is 0.119 e. The molecule has 0 aromatic heterocycles. The van der Waals surface area contributed by atoms with Gasteiger partial charge in [-0.3, -0.25) is 0 Å². The van der Waals surface area contributed by atoms with Crippen molar-refractivity contribution in [3.8, 4) is 5.75 Å². The summed E-state index contributed by atoms with van der Waals surface area (Å²) < 4.78 is 5.63. The first kappa shape index (κ1) is 14.7. The fraction of sp³-hybridized carbons (Fsp3) is 0.294. The fourth-order valence-corrected chi connectivity index (χ4v) is 2.11. The van der Waals surface area contributed by atoms with Gasteiger partial charge in [-0.1, -0.05) is 29.8 Å². The zero-order valence-electron chi connectivity index (χ0n) is 12.1. The Bertz CT molecular complexity index is 564. The van der Waals surface area contributed by atoms with Crippen LogP contribution in [0.2, 0.25) is 5.02 Å². The number of halogens is 1. The van der Waals surface area contributed by atoms with Crippen LogP contribution in [0.3, 0.4) is 0 Å². The Kier molecular flexibility index (Phi) is 4.91. The van der Waals surface area contributed by atoms with Gasteiger partial charge >= 0.3 is 0 Å². The maximum Gasteiger partial charge on any atom is 0.119 e. The molecular formula is C17H20ClNO. The van der Waals surface area contributed by atoms with Crippen LogP contribution in [0.1, 0.15) is 25.0 Å². The van der Waals surface area contributed by atoms with E-state index in [-0.39, 0.29) is 6.10 Å². The molecule has 0 spiro atoms. The maximum absolute atomic E-state index is 6.01. The maximum atomic E-state index is 6.01. The molecule has 0 aliphatic rings. The Labute approximate surface area is 125 Å². The molecule has 0 bridgehead atoms. The van der Waals surface area contributed by atoms with Crippen LogP contribution in [0.5, 0.6) is 5.75 Å². The van der Waals surface area contributed by atoms with Crippen LogP contribution < -0.4 is 10.1 Å². The number of aryl methyl sites for hydroxylation is 1. The molecule has 0 aliphatic heterocycles. The van der Waals surface area contributed by atoms with Gasteiger partial charge in [0.05, 0.1) is 6.10 Å². The number of hydrogen-bond donors (Lipinski definition) is 1. The van der Waals surface area contributed by atoms with Gasteiger partial charge in [0.2, 0.25) is 0 Å². The highest BCUT2D eigenvalue weighted by atomic mass is 35.5. The lowest BCUT2D eigenvalue weighted by atomic mass is 10.1. The Morgan fingerprint density at radius 1 is 1.10 bits per heavy atom. The summed E-state index contributed by atoms with van der Waals surface area (Å²) in [6.45, 7) is 6.89. The molecular weight excluding hydrogens is 270 g/mol. The number of anilines is 1. The average molecular weight is 290 g/mol. The van der Waals surface area contributed by atoms with E-state index in [1.807, 2.05) is 44.2 Å². The Morgan fingerprint density at radius 2 is 1.80 bits per heavy atom. The molecule has 1 N–H and O–H groups in total. The van der Waals surface area contributed by atoms with Crippen LogP contribution >= 0.6 is 11.6 Å². The number of hydrogen-bond acceptors (Lipinski definition) is 2. The average Bonchev–Trinajstić information content (AvgIpc) is 2.41. The Morgan fingerprint density at radius 3 is 2.45 bits per heavy atom. The Balaban J connectivity index is 1.98. The zero-order valence-corrected chi connectivity index (χ0v) is 12.9. The molecule has 3 heteroatoms. The van der Waals surface area contributed by atoms with Crippen molar-refractivity contribution in [1.82, 2.24) is 0 Å². The minimum Gasteiger partial charge on any atom is -0.491 e. The number of ether oxygens (including phenoxy) is 1. The van der Waals surface area contributed by atoms with Crippen LogP contribution in [-0.4, -0.2) is 6.10 Å². The van der Waals surface area contributed by atoms with E-state index in [0.29, 0.717) is 0 Å². The minimum absolute atomic E-state index is 0.202. The van der Waals surface area contributed by atoms with Gasteiger partial charge in [0.15, 0.2) is 0 Å². The molecule has 2 rings (SSSR count). The second-order valence-corrected chi connectivity index (χ2v) is 5.56. The first-order valence-electron chi connectivity index (χ1n) is 6.80. The van der Waals surface area contributed by atoms with E-state index in [9.17, 15) is 0 Å². The van der Waals surface area contributed by atoms with Gasteiger partial charge in [-0.05, 0) is 56.2 Å². The summed E-state index contributed by atoms with van der Waals surface area (Å²) in [6, 6.07) is 14.0. The molecule has 2 aromatic carbocycles. The van der Waals surface area contributed by atoms with E-state index in [1.165, 1.54) is 11.1 Å². The van der Waals surface area contributed by atoms with Gasteiger partial charge in [-0.15, -0.1) is 0 Å². The van der Waals surface area contributed by atoms with Crippen molar-refractivity contribution in [1.29, 1.82) is 0 Å². The van der Waals surface area contributed by atoms with Gasteiger partial charge < -0.3 is 10.1 Å². The van der Waals surface area contributed by atoms with Gasteiger partial charge in [0, 0.05) is 17.3 Å². The highest BCUT2D eigenvalue weighted by Crippen LogP contribution is 2.21. The summed E-state index contributed by atoms with van der Waals surface area (Å²) in [5.41, 5.74) is 3.47. The molecule has 0 heterocycles. The van der Waals surface area contributed by atoms with Crippen molar-refractivity contribution in [3.05, 3.63) is 58.6 Å². The summed E-state index contributed by atoms with van der Waals surface area (Å²) in [7, 11) is 0. The van der Waals surface area contributed by atoms with Crippen molar-refractivity contribution >= 4 is 17.3 Å². The van der Waals surface area contributed by atoms with Crippen molar-refractivity contribution in [2.75, 3.05) is 5.32 Å². The van der Waals surface area contributed by atoms with Gasteiger partial charge in [-0.2, -0.15) is 0 Å². The number of benzene rings is 2. The molecule has 0 atom stereocenters. The van der Waals surface area contributed by atoms with Crippen LogP contribution in [0.4, 0.5) is 5.69 Å². The molecule has 106 valence electrons. The largest absolute Gasteiger partial charge is 0.491 e.